The second kappa shape index (κ2) is 9.37. The van der Waals surface area contributed by atoms with Crippen molar-refractivity contribution in [3.8, 4) is 5.75 Å². The van der Waals surface area contributed by atoms with Crippen LogP contribution in [-0.2, 0) is 6.61 Å². The SMILES string of the molecule is O=C1c2ccccc2N[C@H](c2ccc(OCc3c(Cl)cccc3Cl)cc2)N1c1ccc(F)cc1. The predicted octanol–water partition coefficient (Wildman–Crippen LogP) is 7.48. The van der Waals surface area contributed by atoms with Crippen molar-refractivity contribution in [2.75, 3.05) is 10.2 Å². The topological polar surface area (TPSA) is 41.6 Å². The fourth-order valence-electron chi connectivity index (χ4n) is 3.93. The van der Waals surface area contributed by atoms with Gasteiger partial charge in [-0.25, -0.2) is 4.39 Å². The third kappa shape index (κ3) is 4.32. The van der Waals surface area contributed by atoms with Crippen LogP contribution in [0, 0.1) is 5.82 Å². The van der Waals surface area contributed by atoms with Gasteiger partial charge in [-0.1, -0.05) is 53.5 Å². The van der Waals surface area contributed by atoms with Crippen LogP contribution in [0.5, 0.6) is 5.75 Å². The van der Waals surface area contributed by atoms with Crippen molar-refractivity contribution in [3.05, 3.63) is 124 Å². The molecule has 1 amide bonds. The minimum atomic E-state index is -0.486. The van der Waals surface area contributed by atoms with E-state index >= 15 is 0 Å². The Balaban J connectivity index is 1.43. The van der Waals surface area contributed by atoms with Crippen LogP contribution in [-0.4, -0.2) is 5.91 Å². The molecule has 0 saturated heterocycles. The number of rotatable bonds is 5. The fourth-order valence-corrected chi connectivity index (χ4v) is 4.43. The Morgan fingerprint density at radius 3 is 2.24 bits per heavy atom. The molecule has 0 bridgehead atoms. The van der Waals surface area contributed by atoms with E-state index in [0.717, 1.165) is 11.3 Å². The molecule has 7 heteroatoms. The standard InChI is InChI=1S/C27H19Cl2FN2O2/c28-23-5-3-6-24(29)22(23)16-34-20-14-8-17(9-15-20)26-31-25-7-2-1-4-21(25)27(33)32(26)19-12-10-18(30)11-13-19/h1-15,26,31H,16H2/t26-/m0/s1. The molecule has 0 aromatic heterocycles. The lowest BCUT2D eigenvalue weighted by Crippen LogP contribution is -2.43. The number of nitrogens with zero attached hydrogens (tertiary/aromatic N) is 1. The third-order valence-corrected chi connectivity index (χ3v) is 6.38. The molecule has 0 aliphatic carbocycles. The summed E-state index contributed by atoms with van der Waals surface area (Å²) in [5, 5.41) is 4.52. The zero-order chi connectivity index (χ0) is 23.7. The lowest BCUT2D eigenvalue weighted by Gasteiger charge is -2.38. The van der Waals surface area contributed by atoms with E-state index in [2.05, 4.69) is 5.32 Å². The normalized spacial score (nSPS) is 15.0. The maximum absolute atomic E-state index is 13.6. The van der Waals surface area contributed by atoms with Crippen molar-refractivity contribution < 1.29 is 13.9 Å². The monoisotopic (exact) mass is 492 g/mol. The molecule has 4 aromatic rings. The van der Waals surface area contributed by atoms with Crippen LogP contribution >= 0.6 is 23.2 Å². The van der Waals surface area contributed by atoms with Gasteiger partial charge in [-0.3, -0.25) is 9.69 Å². The minimum absolute atomic E-state index is 0.167. The molecule has 1 aliphatic rings. The Labute approximate surface area is 206 Å². The van der Waals surface area contributed by atoms with E-state index in [0.29, 0.717) is 32.6 Å². The molecule has 4 aromatic carbocycles. The molecule has 0 saturated carbocycles. The van der Waals surface area contributed by atoms with Crippen molar-refractivity contribution in [2.24, 2.45) is 0 Å². The smallest absolute Gasteiger partial charge is 0.262 e. The number of amides is 1. The number of carbonyl (C=O) groups excluding carboxylic acids is 1. The molecule has 1 atom stereocenters. The van der Waals surface area contributed by atoms with Crippen LogP contribution < -0.4 is 15.0 Å². The van der Waals surface area contributed by atoms with Crippen molar-refractivity contribution in [3.63, 3.8) is 0 Å². The number of nitrogens with one attached hydrogen (secondary N) is 1. The number of hydrogen-bond acceptors (Lipinski definition) is 3. The Kier molecular flexibility index (Phi) is 6.14. The zero-order valence-electron chi connectivity index (χ0n) is 17.8. The van der Waals surface area contributed by atoms with Crippen LogP contribution in [0.25, 0.3) is 0 Å². The van der Waals surface area contributed by atoms with Gasteiger partial charge in [0.15, 0.2) is 0 Å². The number of benzene rings is 4. The van der Waals surface area contributed by atoms with Crippen LogP contribution in [0.1, 0.15) is 27.7 Å². The van der Waals surface area contributed by atoms with Gasteiger partial charge < -0.3 is 10.1 Å². The Hall–Kier alpha value is -3.54. The van der Waals surface area contributed by atoms with Gasteiger partial charge in [0.1, 0.15) is 24.3 Å². The highest BCUT2D eigenvalue weighted by molar-refractivity contribution is 6.35. The maximum atomic E-state index is 13.6. The van der Waals surface area contributed by atoms with Crippen LogP contribution in [0.4, 0.5) is 15.8 Å². The summed E-state index contributed by atoms with van der Waals surface area (Å²) < 4.78 is 19.4. The molecule has 170 valence electrons. The lowest BCUT2D eigenvalue weighted by atomic mass is 10.0. The van der Waals surface area contributed by atoms with Gasteiger partial charge in [0, 0.05) is 27.0 Å². The van der Waals surface area contributed by atoms with E-state index in [1.54, 1.807) is 41.3 Å². The van der Waals surface area contributed by atoms with Crippen molar-refractivity contribution >= 4 is 40.5 Å². The highest BCUT2D eigenvalue weighted by Crippen LogP contribution is 2.37. The van der Waals surface area contributed by atoms with Gasteiger partial charge in [-0.2, -0.15) is 0 Å². The Morgan fingerprint density at radius 2 is 1.53 bits per heavy atom. The fraction of sp³-hybridized carbons (Fsp3) is 0.0741. The number of anilines is 2. The molecular formula is C27H19Cl2FN2O2. The number of para-hydroxylation sites is 1. The van der Waals surface area contributed by atoms with E-state index in [4.69, 9.17) is 27.9 Å². The average Bonchev–Trinajstić information content (AvgIpc) is 2.85. The summed E-state index contributed by atoms with van der Waals surface area (Å²) in [6.07, 6.45) is -0.486. The van der Waals surface area contributed by atoms with E-state index < -0.39 is 6.17 Å². The van der Waals surface area contributed by atoms with Gasteiger partial charge in [-0.05, 0) is 66.2 Å². The highest BCUT2D eigenvalue weighted by atomic mass is 35.5. The summed E-state index contributed by atoms with van der Waals surface area (Å²) in [5.74, 6) is 0.105. The summed E-state index contributed by atoms with van der Waals surface area (Å²) in [6, 6.07) is 26.0. The van der Waals surface area contributed by atoms with Crippen LogP contribution in [0.2, 0.25) is 10.0 Å². The van der Waals surface area contributed by atoms with E-state index in [1.807, 2.05) is 42.5 Å². The highest BCUT2D eigenvalue weighted by Gasteiger charge is 2.34. The van der Waals surface area contributed by atoms with Crippen LogP contribution in [0.15, 0.2) is 91.0 Å². The quantitative estimate of drug-likeness (QED) is 0.313. The molecule has 1 heterocycles. The number of halogens is 3. The molecule has 0 radical (unpaired) electrons. The average molecular weight is 493 g/mol. The first kappa shape index (κ1) is 22.3. The molecular weight excluding hydrogens is 474 g/mol. The van der Waals surface area contributed by atoms with Gasteiger partial charge in [0.25, 0.3) is 5.91 Å². The summed E-state index contributed by atoms with van der Waals surface area (Å²) in [7, 11) is 0. The molecule has 5 rings (SSSR count). The second-order valence-corrected chi connectivity index (χ2v) is 8.62. The van der Waals surface area contributed by atoms with Gasteiger partial charge in [0.05, 0.1) is 5.56 Å². The van der Waals surface area contributed by atoms with Crippen molar-refractivity contribution in [1.29, 1.82) is 0 Å². The van der Waals surface area contributed by atoms with Crippen LogP contribution in [0.3, 0.4) is 0 Å². The summed E-state index contributed by atoms with van der Waals surface area (Å²) >= 11 is 12.5. The predicted molar refractivity (Wildman–Crippen MR) is 133 cm³/mol. The van der Waals surface area contributed by atoms with E-state index in [1.165, 1.54) is 12.1 Å². The number of hydrogen-bond donors (Lipinski definition) is 1. The first-order valence-corrected chi connectivity index (χ1v) is 11.4. The van der Waals surface area contributed by atoms with E-state index in [9.17, 15) is 9.18 Å². The maximum Gasteiger partial charge on any atom is 0.262 e. The molecule has 1 aliphatic heterocycles. The molecule has 0 fully saturated rings. The molecule has 4 nitrogen and oxygen atoms in total. The molecule has 0 unspecified atom stereocenters. The van der Waals surface area contributed by atoms with Gasteiger partial charge >= 0.3 is 0 Å². The van der Waals surface area contributed by atoms with Crippen molar-refractivity contribution in [2.45, 2.75) is 12.8 Å². The molecule has 1 N–H and O–H groups in total. The van der Waals surface area contributed by atoms with Gasteiger partial charge in [-0.15, -0.1) is 0 Å². The first-order chi connectivity index (χ1) is 16.5. The lowest BCUT2D eigenvalue weighted by molar-refractivity contribution is 0.0975. The number of fused-ring (bicyclic) bond motifs is 1. The third-order valence-electron chi connectivity index (χ3n) is 5.67. The zero-order valence-corrected chi connectivity index (χ0v) is 19.4. The Bertz CT molecular complexity index is 1320. The number of ether oxygens (including phenoxy) is 1. The van der Waals surface area contributed by atoms with Gasteiger partial charge in [0.2, 0.25) is 0 Å². The first-order valence-electron chi connectivity index (χ1n) is 10.6. The van der Waals surface area contributed by atoms with E-state index in [-0.39, 0.29) is 18.3 Å². The largest absolute Gasteiger partial charge is 0.489 e. The second-order valence-electron chi connectivity index (χ2n) is 7.80. The minimum Gasteiger partial charge on any atom is -0.489 e. The molecule has 34 heavy (non-hydrogen) atoms. The van der Waals surface area contributed by atoms with Crippen molar-refractivity contribution in [1.82, 2.24) is 0 Å². The molecule has 0 spiro atoms. The summed E-state index contributed by atoms with van der Waals surface area (Å²) in [4.78, 5) is 15.0. The summed E-state index contributed by atoms with van der Waals surface area (Å²) in [5.41, 5.74) is 3.44. The summed E-state index contributed by atoms with van der Waals surface area (Å²) in [6.45, 7) is 0.229. The Morgan fingerprint density at radius 1 is 0.853 bits per heavy atom. The number of carbonyl (C=O) groups is 1.